The number of ether oxygens (including phenoxy) is 1. The Hall–Kier alpha value is -1.10. The second-order valence-corrected chi connectivity index (χ2v) is 4.50. The molecule has 1 aliphatic rings. The van der Waals surface area contributed by atoms with Gasteiger partial charge in [-0.15, -0.1) is 0 Å². The minimum Gasteiger partial charge on any atom is -0.479 e. The van der Waals surface area contributed by atoms with Crippen molar-refractivity contribution in [1.29, 1.82) is 0 Å². The first-order valence-corrected chi connectivity index (χ1v) is 5.84. The van der Waals surface area contributed by atoms with Gasteiger partial charge in [0.1, 0.15) is 0 Å². The molecule has 2 rings (SSSR count). The highest BCUT2D eigenvalue weighted by atomic mass is 35.5. The second-order valence-electron chi connectivity index (χ2n) is 4.06. The Morgan fingerprint density at radius 3 is 3.12 bits per heavy atom. The van der Waals surface area contributed by atoms with Crippen LogP contribution in [0.25, 0.3) is 0 Å². The minimum atomic E-state index is -0.902. The summed E-state index contributed by atoms with van der Waals surface area (Å²) in [5.41, 5.74) is 1.09. The number of hydrogen-bond acceptors (Lipinski definition) is 3. The Labute approximate surface area is 105 Å². The molecule has 1 heterocycles. The fourth-order valence-electron chi connectivity index (χ4n) is 1.89. The van der Waals surface area contributed by atoms with Crippen LogP contribution in [0.2, 0.25) is 5.02 Å². The Morgan fingerprint density at radius 2 is 2.41 bits per heavy atom. The largest absolute Gasteiger partial charge is 0.479 e. The number of nitrogens with zero attached hydrogens (tertiary/aromatic N) is 1. The molecule has 0 amide bonds. The molecule has 1 aromatic rings. The van der Waals surface area contributed by atoms with E-state index in [1.165, 1.54) is 0 Å². The molecule has 0 radical (unpaired) electrons. The van der Waals surface area contributed by atoms with E-state index in [2.05, 4.69) is 4.90 Å². The molecule has 1 aliphatic heterocycles. The van der Waals surface area contributed by atoms with Crippen LogP contribution in [0, 0.1) is 0 Å². The van der Waals surface area contributed by atoms with Gasteiger partial charge in [0.05, 0.1) is 6.61 Å². The molecule has 1 fully saturated rings. The standard InChI is InChI=1S/C12H14ClNO3/c13-10-3-1-2-9(6-10)7-14-4-5-17-11(8-14)12(15)16/h1-3,6,11H,4-5,7-8H2,(H,15,16)/t11-/m1/s1. The molecular weight excluding hydrogens is 242 g/mol. The van der Waals surface area contributed by atoms with E-state index in [-0.39, 0.29) is 0 Å². The van der Waals surface area contributed by atoms with Crippen LogP contribution in [-0.4, -0.2) is 41.8 Å². The van der Waals surface area contributed by atoms with Crippen LogP contribution in [-0.2, 0) is 16.1 Å². The number of rotatable bonds is 3. The third kappa shape index (κ3) is 3.43. The fraction of sp³-hybridized carbons (Fsp3) is 0.417. The van der Waals surface area contributed by atoms with Gasteiger partial charge < -0.3 is 9.84 Å². The molecule has 92 valence electrons. The smallest absolute Gasteiger partial charge is 0.334 e. The number of carboxylic acid groups (broad SMARTS) is 1. The zero-order valence-corrected chi connectivity index (χ0v) is 10.1. The minimum absolute atomic E-state index is 0.418. The van der Waals surface area contributed by atoms with Crippen LogP contribution in [0.3, 0.4) is 0 Å². The molecule has 0 bridgehead atoms. The van der Waals surface area contributed by atoms with Crippen LogP contribution in [0.4, 0.5) is 0 Å². The average molecular weight is 256 g/mol. The number of carboxylic acids is 1. The van der Waals surface area contributed by atoms with E-state index in [1.807, 2.05) is 24.3 Å². The highest BCUT2D eigenvalue weighted by Gasteiger charge is 2.25. The molecule has 1 aromatic carbocycles. The van der Waals surface area contributed by atoms with Gasteiger partial charge in [0.2, 0.25) is 0 Å². The van der Waals surface area contributed by atoms with Crippen molar-refractivity contribution < 1.29 is 14.6 Å². The van der Waals surface area contributed by atoms with E-state index in [4.69, 9.17) is 21.4 Å². The number of hydrogen-bond donors (Lipinski definition) is 1. The van der Waals surface area contributed by atoms with E-state index in [0.29, 0.717) is 24.7 Å². The molecule has 4 nitrogen and oxygen atoms in total. The summed E-state index contributed by atoms with van der Waals surface area (Å²) in [6, 6.07) is 7.60. The van der Waals surface area contributed by atoms with Gasteiger partial charge in [-0.3, -0.25) is 4.90 Å². The maximum absolute atomic E-state index is 10.8. The lowest BCUT2D eigenvalue weighted by molar-refractivity contribution is -0.156. The number of carbonyl (C=O) groups is 1. The van der Waals surface area contributed by atoms with E-state index < -0.39 is 12.1 Å². The van der Waals surface area contributed by atoms with Gasteiger partial charge in [0.15, 0.2) is 6.10 Å². The summed E-state index contributed by atoms with van der Waals surface area (Å²) in [5, 5.41) is 9.59. The van der Waals surface area contributed by atoms with E-state index in [9.17, 15) is 4.79 Å². The Morgan fingerprint density at radius 1 is 1.59 bits per heavy atom. The maximum atomic E-state index is 10.8. The Kier molecular flexibility index (Phi) is 3.99. The van der Waals surface area contributed by atoms with E-state index in [1.54, 1.807) is 0 Å². The molecule has 5 heteroatoms. The first-order valence-electron chi connectivity index (χ1n) is 5.46. The molecule has 0 unspecified atom stereocenters. The first-order chi connectivity index (χ1) is 8.15. The van der Waals surface area contributed by atoms with Crippen molar-refractivity contribution in [3.8, 4) is 0 Å². The van der Waals surface area contributed by atoms with Crippen LogP contribution < -0.4 is 0 Å². The molecule has 0 aliphatic carbocycles. The molecule has 0 aromatic heterocycles. The summed E-state index contributed by atoms with van der Waals surface area (Å²) < 4.78 is 5.16. The van der Waals surface area contributed by atoms with Crippen molar-refractivity contribution in [3.63, 3.8) is 0 Å². The molecule has 1 N–H and O–H groups in total. The summed E-state index contributed by atoms with van der Waals surface area (Å²) in [5.74, 6) is -0.902. The van der Waals surface area contributed by atoms with Crippen LogP contribution in [0.5, 0.6) is 0 Å². The predicted molar refractivity (Wildman–Crippen MR) is 64.1 cm³/mol. The predicted octanol–water partition coefficient (Wildman–Crippen LogP) is 1.63. The SMILES string of the molecule is O=C(O)[C@H]1CN(Cc2cccc(Cl)c2)CCO1. The lowest BCUT2D eigenvalue weighted by Gasteiger charge is -2.30. The average Bonchev–Trinajstić information content (AvgIpc) is 2.29. The Bertz CT molecular complexity index is 410. The monoisotopic (exact) mass is 255 g/mol. The zero-order chi connectivity index (χ0) is 12.3. The van der Waals surface area contributed by atoms with Crippen molar-refractivity contribution in [2.75, 3.05) is 19.7 Å². The van der Waals surface area contributed by atoms with Gasteiger partial charge >= 0.3 is 5.97 Å². The van der Waals surface area contributed by atoms with Gasteiger partial charge in [-0.2, -0.15) is 0 Å². The molecule has 1 saturated heterocycles. The highest BCUT2D eigenvalue weighted by Crippen LogP contribution is 2.14. The second kappa shape index (κ2) is 5.49. The summed E-state index contributed by atoms with van der Waals surface area (Å²) in [6.45, 7) is 2.32. The zero-order valence-electron chi connectivity index (χ0n) is 9.30. The fourth-order valence-corrected chi connectivity index (χ4v) is 2.10. The summed E-state index contributed by atoms with van der Waals surface area (Å²) in [7, 11) is 0. The van der Waals surface area contributed by atoms with Crippen molar-refractivity contribution in [2.24, 2.45) is 0 Å². The van der Waals surface area contributed by atoms with Gasteiger partial charge in [0, 0.05) is 24.7 Å². The van der Waals surface area contributed by atoms with Gasteiger partial charge in [-0.1, -0.05) is 23.7 Å². The number of benzene rings is 1. The Balaban J connectivity index is 1.97. The highest BCUT2D eigenvalue weighted by molar-refractivity contribution is 6.30. The molecule has 0 saturated carbocycles. The van der Waals surface area contributed by atoms with Crippen LogP contribution in [0.1, 0.15) is 5.56 Å². The van der Waals surface area contributed by atoms with Crippen LogP contribution in [0.15, 0.2) is 24.3 Å². The van der Waals surface area contributed by atoms with Gasteiger partial charge in [-0.25, -0.2) is 4.79 Å². The number of aliphatic carboxylic acids is 1. The summed E-state index contributed by atoms with van der Waals surface area (Å²) >= 11 is 5.90. The molecular formula is C12H14ClNO3. The summed E-state index contributed by atoms with van der Waals surface area (Å²) in [4.78, 5) is 12.9. The van der Waals surface area contributed by atoms with Crippen molar-refractivity contribution in [3.05, 3.63) is 34.9 Å². The van der Waals surface area contributed by atoms with Crippen molar-refractivity contribution in [2.45, 2.75) is 12.6 Å². The van der Waals surface area contributed by atoms with Crippen LogP contribution >= 0.6 is 11.6 Å². The third-order valence-corrected chi connectivity index (χ3v) is 2.96. The van der Waals surface area contributed by atoms with E-state index >= 15 is 0 Å². The summed E-state index contributed by atoms with van der Waals surface area (Å²) in [6.07, 6.45) is -0.720. The van der Waals surface area contributed by atoms with E-state index in [0.717, 1.165) is 12.1 Å². The van der Waals surface area contributed by atoms with Gasteiger partial charge in [0.25, 0.3) is 0 Å². The quantitative estimate of drug-likeness (QED) is 0.892. The normalized spacial score (nSPS) is 21.4. The lowest BCUT2D eigenvalue weighted by atomic mass is 10.2. The lowest BCUT2D eigenvalue weighted by Crippen LogP contribution is -2.45. The number of morpholine rings is 1. The van der Waals surface area contributed by atoms with Crippen molar-refractivity contribution in [1.82, 2.24) is 4.90 Å². The molecule has 17 heavy (non-hydrogen) atoms. The van der Waals surface area contributed by atoms with Crippen molar-refractivity contribution >= 4 is 17.6 Å². The third-order valence-electron chi connectivity index (χ3n) is 2.72. The first kappa shape index (κ1) is 12.4. The topological polar surface area (TPSA) is 49.8 Å². The maximum Gasteiger partial charge on any atom is 0.334 e. The number of halogens is 1. The molecule has 1 atom stereocenters. The molecule has 0 spiro atoms. The van der Waals surface area contributed by atoms with Gasteiger partial charge in [-0.05, 0) is 17.7 Å².